The van der Waals surface area contributed by atoms with E-state index < -0.39 is 17.9 Å². The van der Waals surface area contributed by atoms with Crippen molar-refractivity contribution in [2.75, 3.05) is 0 Å². The van der Waals surface area contributed by atoms with Crippen molar-refractivity contribution in [3.8, 4) is 23.0 Å². The fourth-order valence-electron chi connectivity index (χ4n) is 3.02. The molecule has 4 rings (SSSR count). The van der Waals surface area contributed by atoms with Gasteiger partial charge in [0.15, 0.2) is 0 Å². The van der Waals surface area contributed by atoms with Crippen LogP contribution in [0.15, 0.2) is 97.1 Å². The molecule has 0 amide bonds. The minimum Gasteiger partial charge on any atom is -0.508 e. The standard InChI is InChI=1S/C28H20O7/c1-18-2-4-19(5-3-18)26(30)34-24-14-16-25(17-15-24)35-28(32)21-8-12-23(13-9-21)33-27(31)20-6-10-22(29)11-7-20/h2-17,29H,1H3. The van der Waals surface area contributed by atoms with Gasteiger partial charge in [-0.05, 0) is 91.9 Å². The van der Waals surface area contributed by atoms with E-state index in [0.29, 0.717) is 11.3 Å². The summed E-state index contributed by atoms with van der Waals surface area (Å²) in [5, 5.41) is 9.30. The summed E-state index contributed by atoms with van der Waals surface area (Å²) >= 11 is 0. The Morgan fingerprint density at radius 1 is 0.486 bits per heavy atom. The van der Waals surface area contributed by atoms with Gasteiger partial charge in [-0.2, -0.15) is 0 Å². The molecule has 0 aliphatic carbocycles. The van der Waals surface area contributed by atoms with Crippen LogP contribution in [0.4, 0.5) is 0 Å². The van der Waals surface area contributed by atoms with Gasteiger partial charge < -0.3 is 19.3 Å². The molecule has 0 aliphatic rings. The van der Waals surface area contributed by atoms with E-state index in [-0.39, 0.29) is 28.4 Å². The Morgan fingerprint density at radius 3 is 1.14 bits per heavy atom. The highest BCUT2D eigenvalue weighted by molar-refractivity contribution is 5.93. The van der Waals surface area contributed by atoms with E-state index in [9.17, 15) is 19.5 Å². The molecule has 7 nitrogen and oxygen atoms in total. The van der Waals surface area contributed by atoms with Crippen molar-refractivity contribution < 1.29 is 33.7 Å². The summed E-state index contributed by atoms with van der Waals surface area (Å²) in [4.78, 5) is 36.8. The molecule has 35 heavy (non-hydrogen) atoms. The first-order chi connectivity index (χ1) is 16.9. The predicted octanol–water partition coefficient (Wildman–Crippen LogP) is 5.36. The average Bonchev–Trinajstić information content (AvgIpc) is 2.86. The number of carbonyl (C=O) groups is 3. The molecule has 0 spiro atoms. The first-order valence-corrected chi connectivity index (χ1v) is 10.6. The number of hydrogen-bond donors (Lipinski definition) is 1. The van der Waals surface area contributed by atoms with Gasteiger partial charge in [-0.15, -0.1) is 0 Å². The highest BCUT2D eigenvalue weighted by Gasteiger charge is 2.13. The van der Waals surface area contributed by atoms with Crippen molar-refractivity contribution in [1.29, 1.82) is 0 Å². The lowest BCUT2D eigenvalue weighted by atomic mass is 10.1. The van der Waals surface area contributed by atoms with Gasteiger partial charge in [0.25, 0.3) is 0 Å². The van der Waals surface area contributed by atoms with Crippen LogP contribution >= 0.6 is 0 Å². The maximum absolute atomic E-state index is 12.4. The molecule has 0 bridgehead atoms. The van der Waals surface area contributed by atoms with Gasteiger partial charge >= 0.3 is 17.9 Å². The molecule has 0 aliphatic heterocycles. The molecule has 0 radical (unpaired) electrons. The molecular weight excluding hydrogens is 448 g/mol. The maximum atomic E-state index is 12.4. The Labute approximate surface area is 201 Å². The largest absolute Gasteiger partial charge is 0.508 e. The van der Waals surface area contributed by atoms with Crippen LogP contribution in [-0.2, 0) is 0 Å². The molecule has 4 aromatic rings. The van der Waals surface area contributed by atoms with Crippen LogP contribution in [0.3, 0.4) is 0 Å². The molecule has 0 saturated carbocycles. The summed E-state index contributed by atoms with van der Waals surface area (Å²) in [6, 6.07) is 24.7. The van der Waals surface area contributed by atoms with Crippen molar-refractivity contribution in [1.82, 2.24) is 0 Å². The van der Waals surface area contributed by atoms with Crippen LogP contribution in [-0.4, -0.2) is 23.0 Å². The third-order valence-electron chi connectivity index (χ3n) is 4.94. The van der Waals surface area contributed by atoms with Gasteiger partial charge in [-0.3, -0.25) is 0 Å². The second kappa shape index (κ2) is 10.4. The number of phenols is 1. The first kappa shape index (κ1) is 23.3. The predicted molar refractivity (Wildman–Crippen MR) is 127 cm³/mol. The molecule has 0 saturated heterocycles. The molecule has 4 aromatic carbocycles. The number of phenolic OH excluding ortho intramolecular Hbond substituents is 1. The van der Waals surface area contributed by atoms with Gasteiger partial charge in [0, 0.05) is 0 Å². The topological polar surface area (TPSA) is 99.1 Å². The summed E-state index contributed by atoms with van der Waals surface area (Å²) in [6.07, 6.45) is 0. The molecule has 1 N–H and O–H groups in total. The SMILES string of the molecule is Cc1ccc(C(=O)Oc2ccc(OC(=O)c3ccc(OC(=O)c4ccc(O)cc4)cc3)cc2)cc1. The van der Waals surface area contributed by atoms with Crippen molar-refractivity contribution in [2.24, 2.45) is 0 Å². The van der Waals surface area contributed by atoms with Gasteiger partial charge in [-0.1, -0.05) is 17.7 Å². The van der Waals surface area contributed by atoms with E-state index in [1.54, 1.807) is 12.1 Å². The van der Waals surface area contributed by atoms with Gasteiger partial charge in [0.05, 0.1) is 16.7 Å². The van der Waals surface area contributed by atoms with Crippen LogP contribution in [0.5, 0.6) is 23.0 Å². The molecule has 0 unspecified atom stereocenters. The molecule has 0 atom stereocenters. The number of hydrogen-bond acceptors (Lipinski definition) is 7. The zero-order valence-electron chi connectivity index (χ0n) is 18.6. The molecule has 0 fully saturated rings. The Balaban J connectivity index is 1.32. The van der Waals surface area contributed by atoms with Crippen LogP contribution in [0.25, 0.3) is 0 Å². The number of rotatable bonds is 6. The number of benzene rings is 4. The average molecular weight is 468 g/mol. The normalized spacial score (nSPS) is 10.3. The van der Waals surface area contributed by atoms with E-state index in [0.717, 1.165) is 5.56 Å². The van der Waals surface area contributed by atoms with E-state index in [4.69, 9.17) is 14.2 Å². The fraction of sp³-hybridized carbons (Fsp3) is 0.0357. The molecule has 174 valence electrons. The van der Waals surface area contributed by atoms with E-state index in [1.807, 2.05) is 19.1 Å². The first-order valence-electron chi connectivity index (χ1n) is 10.6. The Bertz CT molecular complexity index is 1340. The van der Waals surface area contributed by atoms with Gasteiger partial charge in [-0.25, -0.2) is 14.4 Å². The Morgan fingerprint density at radius 2 is 0.771 bits per heavy atom. The van der Waals surface area contributed by atoms with Crippen molar-refractivity contribution in [2.45, 2.75) is 6.92 Å². The number of aromatic hydroxyl groups is 1. The number of aryl methyl sites for hydroxylation is 1. The summed E-state index contributed by atoms with van der Waals surface area (Å²) in [6.45, 7) is 1.93. The number of ether oxygens (including phenoxy) is 3. The lowest BCUT2D eigenvalue weighted by Gasteiger charge is -2.08. The van der Waals surface area contributed by atoms with Crippen molar-refractivity contribution in [3.63, 3.8) is 0 Å². The zero-order valence-corrected chi connectivity index (χ0v) is 18.6. The van der Waals surface area contributed by atoms with Gasteiger partial charge in [0.2, 0.25) is 0 Å². The molecule has 0 aromatic heterocycles. The summed E-state index contributed by atoms with van der Waals surface area (Å²) in [5.74, 6) is -0.805. The second-order valence-corrected chi connectivity index (χ2v) is 7.58. The van der Waals surface area contributed by atoms with E-state index in [2.05, 4.69) is 0 Å². The van der Waals surface area contributed by atoms with Gasteiger partial charge in [0.1, 0.15) is 23.0 Å². The van der Waals surface area contributed by atoms with Crippen LogP contribution < -0.4 is 14.2 Å². The zero-order chi connectivity index (χ0) is 24.8. The minimum atomic E-state index is -0.606. The van der Waals surface area contributed by atoms with Crippen LogP contribution in [0.1, 0.15) is 36.6 Å². The summed E-state index contributed by atoms with van der Waals surface area (Å²) in [5.41, 5.74) is 2.00. The molecule has 0 heterocycles. The summed E-state index contributed by atoms with van der Waals surface area (Å²) < 4.78 is 15.9. The lowest BCUT2D eigenvalue weighted by molar-refractivity contribution is 0.0718. The van der Waals surface area contributed by atoms with Crippen LogP contribution in [0, 0.1) is 6.92 Å². The smallest absolute Gasteiger partial charge is 0.343 e. The Kier molecular flexibility index (Phi) is 6.88. The third-order valence-corrected chi connectivity index (χ3v) is 4.94. The van der Waals surface area contributed by atoms with Crippen LogP contribution in [0.2, 0.25) is 0 Å². The van der Waals surface area contributed by atoms with Crippen molar-refractivity contribution in [3.05, 3.63) is 119 Å². The highest BCUT2D eigenvalue weighted by Crippen LogP contribution is 2.21. The molecule has 7 heteroatoms. The fourth-order valence-corrected chi connectivity index (χ4v) is 3.02. The van der Waals surface area contributed by atoms with E-state index in [1.165, 1.54) is 72.8 Å². The monoisotopic (exact) mass is 468 g/mol. The number of esters is 3. The van der Waals surface area contributed by atoms with Crippen molar-refractivity contribution >= 4 is 17.9 Å². The quantitative estimate of drug-likeness (QED) is 0.300. The summed E-state index contributed by atoms with van der Waals surface area (Å²) in [7, 11) is 0. The minimum absolute atomic E-state index is 0.0438. The Hall–Kier alpha value is -4.91. The second-order valence-electron chi connectivity index (χ2n) is 7.58. The molecular formula is C28H20O7. The highest BCUT2D eigenvalue weighted by atomic mass is 16.5. The number of carbonyl (C=O) groups excluding carboxylic acids is 3. The lowest BCUT2D eigenvalue weighted by Crippen LogP contribution is -2.10. The maximum Gasteiger partial charge on any atom is 0.343 e. The third kappa shape index (κ3) is 6.11. The van der Waals surface area contributed by atoms with E-state index >= 15 is 0 Å².